The molecule has 2 atom stereocenters. The summed E-state index contributed by atoms with van der Waals surface area (Å²) >= 11 is 0. The van der Waals surface area contributed by atoms with Crippen LogP contribution in [0.4, 0.5) is 10.1 Å². The van der Waals surface area contributed by atoms with Gasteiger partial charge in [-0.05, 0) is 60.9 Å². The van der Waals surface area contributed by atoms with Crippen LogP contribution in [0.5, 0.6) is 5.75 Å². The molecule has 2 aliphatic heterocycles. The van der Waals surface area contributed by atoms with Crippen molar-refractivity contribution in [3.05, 3.63) is 83.7 Å². The van der Waals surface area contributed by atoms with Crippen LogP contribution in [0.25, 0.3) is 11.1 Å². The Hall–Kier alpha value is -4.20. The molecule has 2 heterocycles. The number of carbonyl (C=O) groups is 3. The van der Waals surface area contributed by atoms with Gasteiger partial charge in [0.2, 0.25) is 5.91 Å². The quantitative estimate of drug-likeness (QED) is 0.603. The van der Waals surface area contributed by atoms with E-state index in [0.29, 0.717) is 53.1 Å². The van der Waals surface area contributed by atoms with E-state index < -0.39 is 6.04 Å². The maximum atomic E-state index is 14.3. The lowest BCUT2D eigenvalue weighted by atomic mass is 9.95. The minimum absolute atomic E-state index is 0.246. The van der Waals surface area contributed by atoms with Crippen LogP contribution in [-0.4, -0.2) is 48.4 Å². The zero-order chi connectivity index (χ0) is 24.5. The molecule has 0 saturated carbocycles. The molecule has 0 aromatic heterocycles. The minimum Gasteiger partial charge on any atom is -0.497 e. The zero-order valence-electron chi connectivity index (χ0n) is 19.1. The molecule has 3 aromatic carbocycles. The Morgan fingerprint density at radius 3 is 2.57 bits per heavy atom. The number of rotatable bonds is 4. The molecule has 0 aliphatic carbocycles. The number of hydrogen-bond acceptors (Lipinski definition) is 4. The molecule has 1 saturated heterocycles. The Balaban J connectivity index is 1.35. The average Bonchev–Trinajstić information content (AvgIpc) is 2.98. The maximum absolute atomic E-state index is 14.3. The van der Waals surface area contributed by atoms with Gasteiger partial charge in [-0.15, -0.1) is 0 Å². The second-order valence-electron chi connectivity index (χ2n) is 8.67. The first-order valence-corrected chi connectivity index (χ1v) is 11.4. The van der Waals surface area contributed by atoms with E-state index in [4.69, 9.17) is 4.74 Å². The van der Waals surface area contributed by atoms with Gasteiger partial charge in [0.05, 0.1) is 18.4 Å². The Kier molecular flexibility index (Phi) is 5.94. The Bertz CT molecular complexity index is 1310. The van der Waals surface area contributed by atoms with Crippen LogP contribution in [0.3, 0.4) is 0 Å². The van der Waals surface area contributed by atoms with Gasteiger partial charge in [-0.3, -0.25) is 14.4 Å². The van der Waals surface area contributed by atoms with Crippen molar-refractivity contribution >= 4 is 23.4 Å². The van der Waals surface area contributed by atoms with E-state index in [9.17, 15) is 18.8 Å². The fraction of sp³-hybridized carbons (Fsp3) is 0.222. The van der Waals surface area contributed by atoms with Crippen molar-refractivity contribution < 1.29 is 23.5 Å². The molecule has 3 amide bonds. The molecule has 1 fully saturated rings. The summed E-state index contributed by atoms with van der Waals surface area (Å²) in [6.07, 6.45) is 0.813. The number of fused-ring (bicyclic) bond motifs is 2. The first kappa shape index (κ1) is 22.6. The maximum Gasteiger partial charge on any atom is 0.256 e. The molecular weight excluding hydrogens is 449 g/mol. The molecule has 0 radical (unpaired) electrons. The van der Waals surface area contributed by atoms with Gasteiger partial charge in [0, 0.05) is 23.7 Å². The monoisotopic (exact) mass is 473 g/mol. The molecule has 0 spiro atoms. The van der Waals surface area contributed by atoms with Crippen molar-refractivity contribution in [3.63, 3.8) is 0 Å². The van der Waals surface area contributed by atoms with E-state index in [-0.39, 0.29) is 29.6 Å². The lowest BCUT2D eigenvalue weighted by Gasteiger charge is -2.37. The molecule has 2 aliphatic rings. The van der Waals surface area contributed by atoms with Gasteiger partial charge in [0.25, 0.3) is 11.8 Å². The molecule has 35 heavy (non-hydrogen) atoms. The number of carbonyl (C=O) groups excluding carboxylic acids is 3. The number of nitrogens with zero attached hydrogens (tertiary/aromatic N) is 1. The molecular formula is C27H24FN3O4. The van der Waals surface area contributed by atoms with Gasteiger partial charge < -0.3 is 20.3 Å². The Labute approximate surface area is 201 Å². The highest BCUT2D eigenvalue weighted by Crippen LogP contribution is 2.32. The topological polar surface area (TPSA) is 87.7 Å². The number of ether oxygens (including phenoxy) is 1. The Morgan fingerprint density at radius 1 is 1.06 bits per heavy atom. The number of anilines is 1. The van der Waals surface area contributed by atoms with E-state index in [1.165, 1.54) is 6.07 Å². The van der Waals surface area contributed by atoms with Gasteiger partial charge >= 0.3 is 0 Å². The highest BCUT2D eigenvalue weighted by molar-refractivity contribution is 6.10. The van der Waals surface area contributed by atoms with E-state index in [1.807, 2.05) is 0 Å². The average molecular weight is 474 g/mol. The summed E-state index contributed by atoms with van der Waals surface area (Å²) in [5.41, 5.74) is 2.15. The third-order valence-electron chi connectivity index (χ3n) is 6.55. The van der Waals surface area contributed by atoms with Gasteiger partial charge in [0.1, 0.15) is 17.6 Å². The van der Waals surface area contributed by atoms with Crippen molar-refractivity contribution in [2.45, 2.75) is 24.9 Å². The first-order chi connectivity index (χ1) is 16.9. The van der Waals surface area contributed by atoms with Gasteiger partial charge in [-0.2, -0.15) is 0 Å². The zero-order valence-corrected chi connectivity index (χ0v) is 19.1. The molecule has 5 rings (SSSR count). The fourth-order valence-corrected chi connectivity index (χ4v) is 4.66. The smallest absolute Gasteiger partial charge is 0.256 e. The van der Waals surface area contributed by atoms with Crippen LogP contribution < -0.4 is 15.4 Å². The lowest BCUT2D eigenvalue weighted by Crippen LogP contribution is -2.55. The molecule has 0 bridgehead atoms. The van der Waals surface area contributed by atoms with Crippen LogP contribution in [-0.2, 0) is 4.79 Å². The summed E-state index contributed by atoms with van der Waals surface area (Å²) in [4.78, 5) is 40.7. The van der Waals surface area contributed by atoms with Crippen LogP contribution >= 0.6 is 0 Å². The number of benzene rings is 3. The second-order valence-corrected chi connectivity index (χ2v) is 8.67. The third kappa shape index (κ3) is 4.35. The van der Waals surface area contributed by atoms with Gasteiger partial charge in [-0.1, -0.05) is 24.3 Å². The molecule has 2 unspecified atom stereocenters. The van der Waals surface area contributed by atoms with Crippen molar-refractivity contribution in [3.8, 4) is 16.9 Å². The third-order valence-corrected chi connectivity index (χ3v) is 6.55. The Morgan fingerprint density at radius 2 is 1.83 bits per heavy atom. The summed E-state index contributed by atoms with van der Waals surface area (Å²) in [5.74, 6) is -0.574. The van der Waals surface area contributed by atoms with Gasteiger partial charge in [0.15, 0.2) is 0 Å². The highest BCUT2D eigenvalue weighted by Gasteiger charge is 2.40. The second kappa shape index (κ2) is 9.21. The fourth-order valence-electron chi connectivity index (χ4n) is 4.66. The molecule has 3 aromatic rings. The van der Waals surface area contributed by atoms with E-state index in [1.54, 1.807) is 72.7 Å². The molecule has 178 valence electrons. The van der Waals surface area contributed by atoms with Crippen molar-refractivity contribution in [1.82, 2.24) is 10.2 Å². The summed E-state index contributed by atoms with van der Waals surface area (Å²) in [6.45, 7) is 0.313. The van der Waals surface area contributed by atoms with Crippen LogP contribution in [0.1, 0.15) is 33.6 Å². The number of halogens is 1. The predicted octanol–water partition coefficient (Wildman–Crippen LogP) is 3.86. The number of methoxy groups -OCH3 is 1. The summed E-state index contributed by atoms with van der Waals surface area (Å²) in [6, 6.07) is 17.1. The van der Waals surface area contributed by atoms with E-state index in [2.05, 4.69) is 10.6 Å². The number of nitrogens with one attached hydrogen (secondary N) is 2. The van der Waals surface area contributed by atoms with Crippen molar-refractivity contribution in [2.24, 2.45) is 0 Å². The number of piperidine rings is 1. The standard InChI is InChI=1S/C27H24FN3O4/c1-35-19-9-6-16(7-10-19)25(32)29-18-12-13-31-24(15-18)26(33)30-23-11-8-17(14-21(23)27(31)34)20-4-2-3-5-22(20)28/h2-11,14,18,24H,12-13,15H2,1H3,(H,29,32)(H,30,33). The minimum atomic E-state index is -0.721. The SMILES string of the molecule is COc1ccc(C(=O)NC2CCN3C(=O)c4cc(-c5ccccc5F)ccc4NC(=O)C3C2)cc1. The summed E-state index contributed by atoms with van der Waals surface area (Å²) < 4.78 is 19.4. The highest BCUT2D eigenvalue weighted by atomic mass is 19.1. The van der Waals surface area contributed by atoms with Crippen LogP contribution in [0, 0.1) is 5.82 Å². The lowest BCUT2D eigenvalue weighted by molar-refractivity contribution is -0.121. The molecule has 7 nitrogen and oxygen atoms in total. The normalized spacial score (nSPS) is 19.2. The first-order valence-electron chi connectivity index (χ1n) is 11.4. The van der Waals surface area contributed by atoms with Crippen LogP contribution in [0.2, 0.25) is 0 Å². The van der Waals surface area contributed by atoms with E-state index in [0.717, 1.165) is 0 Å². The van der Waals surface area contributed by atoms with Crippen LogP contribution in [0.15, 0.2) is 66.7 Å². The number of hydrogen-bond donors (Lipinski definition) is 2. The molecule has 2 N–H and O–H groups in total. The van der Waals surface area contributed by atoms with Crippen molar-refractivity contribution in [2.75, 3.05) is 19.0 Å². The van der Waals surface area contributed by atoms with Gasteiger partial charge in [-0.25, -0.2) is 4.39 Å². The largest absolute Gasteiger partial charge is 0.497 e. The summed E-state index contributed by atoms with van der Waals surface area (Å²) in [7, 11) is 1.56. The predicted molar refractivity (Wildman–Crippen MR) is 129 cm³/mol. The van der Waals surface area contributed by atoms with Crippen molar-refractivity contribution in [1.29, 1.82) is 0 Å². The number of amides is 3. The van der Waals surface area contributed by atoms with E-state index >= 15 is 0 Å². The molecule has 8 heteroatoms. The summed E-state index contributed by atoms with van der Waals surface area (Å²) in [5, 5.41) is 5.82.